The molecule has 0 spiro atoms. The molecule has 0 fully saturated rings. The van der Waals surface area contributed by atoms with Gasteiger partial charge in [-0.3, -0.25) is 4.79 Å². The molecule has 1 aromatic carbocycles. The van der Waals surface area contributed by atoms with Crippen LogP contribution in [0.2, 0.25) is 0 Å². The van der Waals surface area contributed by atoms with Gasteiger partial charge in [-0.25, -0.2) is 0 Å². The Labute approximate surface area is 65.8 Å². The first kappa shape index (κ1) is 6.78. The summed E-state index contributed by atoms with van der Waals surface area (Å²) in [6, 6.07) is 2.32. The smallest absolute Gasteiger partial charge is 0.287 e. The maximum absolute atomic E-state index is 10.9. The van der Waals surface area contributed by atoms with Crippen LogP contribution in [0, 0.1) is 0 Å². The Bertz CT molecular complexity index is 482. The molecule has 5 heteroatoms. The molecule has 3 N–H and O–H groups in total. The van der Waals surface area contributed by atoms with E-state index in [1.807, 2.05) is 0 Å². The van der Waals surface area contributed by atoms with Gasteiger partial charge in [0.15, 0.2) is 17.1 Å². The summed E-state index contributed by atoms with van der Waals surface area (Å²) in [6.45, 7) is 0. The number of fused-ring (bicyclic) bond motifs is 1. The number of nitrogens with one attached hydrogen (secondary N) is 1. The maximum atomic E-state index is 10.9. The fourth-order valence-corrected chi connectivity index (χ4v) is 0.976. The van der Waals surface area contributed by atoms with Gasteiger partial charge in [0.05, 0.1) is 5.39 Å². The SMILES string of the molecule is O=c1[nH]oc2cc(O)c(O)cc12. The lowest BCUT2D eigenvalue weighted by Crippen LogP contribution is -1.95. The summed E-state index contributed by atoms with van der Waals surface area (Å²) in [5, 5.41) is 20.3. The van der Waals surface area contributed by atoms with Crippen LogP contribution >= 0.6 is 0 Å². The molecule has 2 aromatic rings. The van der Waals surface area contributed by atoms with Crippen LogP contribution in [0.1, 0.15) is 0 Å². The molecule has 12 heavy (non-hydrogen) atoms. The molecule has 0 aliphatic carbocycles. The fourth-order valence-electron chi connectivity index (χ4n) is 0.976. The number of phenolic OH excluding ortho intramolecular Hbond substituents is 2. The van der Waals surface area contributed by atoms with Gasteiger partial charge < -0.3 is 14.7 Å². The third kappa shape index (κ3) is 0.763. The van der Waals surface area contributed by atoms with Crippen LogP contribution in [0.25, 0.3) is 11.0 Å². The van der Waals surface area contributed by atoms with Crippen molar-refractivity contribution < 1.29 is 14.7 Å². The molecule has 1 heterocycles. The molecule has 0 aliphatic rings. The van der Waals surface area contributed by atoms with Gasteiger partial charge in [0.25, 0.3) is 5.56 Å². The Morgan fingerprint density at radius 1 is 1.25 bits per heavy atom. The van der Waals surface area contributed by atoms with E-state index in [4.69, 9.17) is 10.2 Å². The largest absolute Gasteiger partial charge is 0.504 e. The van der Waals surface area contributed by atoms with Crippen LogP contribution in [0.3, 0.4) is 0 Å². The number of benzene rings is 1. The average Bonchev–Trinajstić information content (AvgIpc) is 2.35. The second-order valence-electron chi connectivity index (χ2n) is 2.37. The normalized spacial score (nSPS) is 10.7. The summed E-state index contributed by atoms with van der Waals surface area (Å²) in [7, 11) is 0. The van der Waals surface area contributed by atoms with Crippen molar-refractivity contribution in [3.63, 3.8) is 0 Å². The first-order chi connectivity index (χ1) is 5.68. The number of hydrogen-bond acceptors (Lipinski definition) is 4. The Balaban J connectivity index is 2.97. The molecule has 5 nitrogen and oxygen atoms in total. The second kappa shape index (κ2) is 2.04. The second-order valence-corrected chi connectivity index (χ2v) is 2.37. The average molecular weight is 167 g/mol. The van der Waals surface area contributed by atoms with E-state index in [9.17, 15) is 4.79 Å². The summed E-state index contributed by atoms with van der Waals surface area (Å²) in [5.74, 6) is -0.653. The molecule has 0 saturated heterocycles. The number of H-pyrrole nitrogens is 1. The number of aromatic hydroxyl groups is 2. The minimum absolute atomic E-state index is 0.213. The number of rotatable bonds is 0. The lowest BCUT2D eigenvalue weighted by Gasteiger charge is -1.93. The van der Waals surface area contributed by atoms with Gasteiger partial charge in [0.2, 0.25) is 0 Å². The summed E-state index contributed by atoms with van der Waals surface area (Å²) < 4.78 is 4.68. The zero-order valence-corrected chi connectivity index (χ0v) is 5.87. The van der Waals surface area contributed by atoms with Crippen LogP contribution < -0.4 is 5.56 Å². The lowest BCUT2D eigenvalue weighted by molar-refractivity contribution is 0.402. The highest BCUT2D eigenvalue weighted by molar-refractivity contribution is 5.79. The van der Waals surface area contributed by atoms with Crippen LogP contribution in [0.5, 0.6) is 11.5 Å². The topological polar surface area (TPSA) is 86.5 Å². The number of hydrogen-bond donors (Lipinski definition) is 3. The summed E-state index contributed by atoms with van der Waals surface area (Å²) >= 11 is 0. The number of phenols is 2. The third-order valence-electron chi connectivity index (χ3n) is 1.58. The van der Waals surface area contributed by atoms with Crippen molar-refractivity contribution >= 4 is 11.0 Å². The molecule has 2 rings (SSSR count). The Morgan fingerprint density at radius 3 is 2.67 bits per heavy atom. The molecule has 0 aliphatic heterocycles. The quantitative estimate of drug-likeness (QED) is 0.499. The van der Waals surface area contributed by atoms with E-state index in [-0.39, 0.29) is 22.5 Å². The highest BCUT2D eigenvalue weighted by atomic mass is 16.5. The third-order valence-corrected chi connectivity index (χ3v) is 1.58. The van der Waals surface area contributed by atoms with Crippen molar-refractivity contribution in [2.75, 3.05) is 0 Å². The van der Waals surface area contributed by atoms with Crippen molar-refractivity contribution in [2.45, 2.75) is 0 Å². The predicted octanol–water partition coefficient (Wildman–Crippen LogP) is 0.532. The van der Waals surface area contributed by atoms with Gasteiger partial charge in [0.1, 0.15) is 0 Å². The lowest BCUT2D eigenvalue weighted by atomic mass is 10.2. The van der Waals surface area contributed by atoms with Crippen molar-refractivity contribution in [1.82, 2.24) is 5.16 Å². The van der Waals surface area contributed by atoms with Crippen LogP contribution in [-0.2, 0) is 0 Å². The highest BCUT2D eigenvalue weighted by Crippen LogP contribution is 2.28. The highest BCUT2D eigenvalue weighted by Gasteiger charge is 2.07. The van der Waals surface area contributed by atoms with E-state index in [0.717, 1.165) is 6.07 Å². The van der Waals surface area contributed by atoms with E-state index >= 15 is 0 Å². The van der Waals surface area contributed by atoms with Crippen molar-refractivity contribution in [2.24, 2.45) is 0 Å². The van der Waals surface area contributed by atoms with Crippen molar-refractivity contribution in [3.05, 3.63) is 22.5 Å². The van der Waals surface area contributed by atoms with E-state index < -0.39 is 5.56 Å². The molecule has 0 amide bonds. The zero-order chi connectivity index (χ0) is 8.72. The minimum Gasteiger partial charge on any atom is -0.504 e. The Kier molecular flexibility index (Phi) is 1.15. The van der Waals surface area contributed by atoms with Gasteiger partial charge in [-0.05, 0) is 0 Å². The first-order valence-corrected chi connectivity index (χ1v) is 3.21. The monoisotopic (exact) mass is 167 g/mol. The maximum Gasteiger partial charge on any atom is 0.287 e. The molecule has 0 saturated carbocycles. The van der Waals surface area contributed by atoms with Crippen molar-refractivity contribution in [1.29, 1.82) is 0 Å². The van der Waals surface area contributed by atoms with Crippen LogP contribution in [0.15, 0.2) is 21.5 Å². The van der Waals surface area contributed by atoms with Gasteiger partial charge in [-0.15, -0.1) is 0 Å². The molecule has 1 aromatic heterocycles. The van der Waals surface area contributed by atoms with Crippen molar-refractivity contribution in [3.8, 4) is 11.5 Å². The number of aromatic nitrogens is 1. The summed E-state index contributed by atoms with van der Waals surface area (Å²) in [6.07, 6.45) is 0. The van der Waals surface area contributed by atoms with Crippen LogP contribution in [0.4, 0.5) is 0 Å². The zero-order valence-electron chi connectivity index (χ0n) is 5.87. The van der Waals surface area contributed by atoms with Crippen LogP contribution in [-0.4, -0.2) is 15.4 Å². The minimum atomic E-state index is -0.430. The summed E-state index contributed by atoms with van der Waals surface area (Å²) in [5.41, 5.74) is -0.212. The molecular weight excluding hydrogens is 162 g/mol. The fraction of sp³-hybridized carbons (Fsp3) is 0. The van der Waals surface area contributed by atoms with Gasteiger partial charge in [0, 0.05) is 12.1 Å². The van der Waals surface area contributed by atoms with E-state index in [2.05, 4.69) is 9.68 Å². The Hall–Kier alpha value is -1.91. The van der Waals surface area contributed by atoms with Gasteiger partial charge in [-0.1, -0.05) is 0 Å². The van der Waals surface area contributed by atoms with E-state index in [1.165, 1.54) is 6.07 Å². The number of aromatic amines is 1. The standard InChI is InChI=1S/C7H5NO4/c9-4-1-3-6(2-5(4)10)12-8-7(3)11/h1-2,9-10H,(H,8,11). The van der Waals surface area contributed by atoms with Gasteiger partial charge in [-0.2, -0.15) is 5.16 Å². The molecule has 62 valence electrons. The molecular formula is C7H5NO4. The Morgan fingerprint density at radius 2 is 1.92 bits per heavy atom. The van der Waals surface area contributed by atoms with E-state index in [0.29, 0.717) is 0 Å². The van der Waals surface area contributed by atoms with Gasteiger partial charge >= 0.3 is 0 Å². The van der Waals surface area contributed by atoms with E-state index in [1.54, 1.807) is 0 Å². The first-order valence-electron chi connectivity index (χ1n) is 3.21. The molecule has 0 radical (unpaired) electrons. The predicted molar refractivity (Wildman–Crippen MR) is 40.2 cm³/mol. The summed E-state index contributed by atoms with van der Waals surface area (Å²) in [4.78, 5) is 10.9. The molecule has 0 unspecified atom stereocenters. The molecule has 0 bridgehead atoms. The molecule has 0 atom stereocenters.